The van der Waals surface area contributed by atoms with Gasteiger partial charge in [0.15, 0.2) is 0 Å². The van der Waals surface area contributed by atoms with Crippen LogP contribution in [0.5, 0.6) is 0 Å². The molecular formula is C55H95N2O6P. The summed E-state index contributed by atoms with van der Waals surface area (Å²) >= 11 is 0. The zero-order valence-electron chi connectivity index (χ0n) is 41.4. The Balaban J connectivity index is 4.40. The molecule has 0 aromatic heterocycles. The summed E-state index contributed by atoms with van der Waals surface area (Å²) in [5, 5.41) is 13.8. The zero-order chi connectivity index (χ0) is 47.1. The molecule has 0 aliphatic rings. The summed E-state index contributed by atoms with van der Waals surface area (Å²) in [6.45, 7) is 4.47. The number of allylic oxidation sites excluding steroid dienone is 17. The number of phosphoric acid groups is 1. The minimum absolute atomic E-state index is 0.0169. The number of amides is 1. The third-order valence-electron chi connectivity index (χ3n) is 10.5. The van der Waals surface area contributed by atoms with Crippen molar-refractivity contribution in [2.24, 2.45) is 0 Å². The number of hydrogen-bond acceptors (Lipinski definition) is 6. The smallest absolute Gasteiger partial charge is 0.268 e. The van der Waals surface area contributed by atoms with E-state index < -0.39 is 26.6 Å². The fraction of sp³-hybridized carbons (Fsp3) is 0.655. The van der Waals surface area contributed by atoms with Gasteiger partial charge in [-0.05, 0) is 89.9 Å². The molecule has 3 atom stereocenters. The highest BCUT2D eigenvalue weighted by Crippen LogP contribution is 2.38. The largest absolute Gasteiger partial charge is 0.756 e. The minimum atomic E-state index is -4.61. The fourth-order valence-electron chi connectivity index (χ4n) is 6.50. The highest BCUT2D eigenvalue weighted by atomic mass is 31.2. The molecule has 0 aliphatic carbocycles. The van der Waals surface area contributed by atoms with E-state index in [1.165, 1.54) is 57.8 Å². The second-order valence-corrected chi connectivity index (χ2v) is 19.2. The molecule has 2 N–H and O–H groups in total. The molecule has 0 fully saturated rings. The molecule has 366 valence electrons. The lowest BCUT2D eigenvalue weighted by Gasteiger charge is -2.29. The topological polar surface area (TPSA) is 108 Å². The molecule has 0 saturated heterocycles. The number of quaternary nitrogens is 1. The van der Waals surface area contributed by atoms with Gasteiger partial charge in [0.25, 0.3) is 7.82 Å². The molecule has 0 aliphatic heterocycles. The lowest BCUT2D eigenvalue weighted by Crippen LogP contribution is -2.45. The lowest BCUT2D eigenvalue weighted by molar-refractivity contribution is -0.870. The van der Waals surface area contributed by atoms with Crippen molar-refractivity contribution >= 4 is 13.7 Å². The summed E-state index contributed by atoms with van der Waals surface area (Å²) in [4.78, 5) is 25.4. The van der Waals surface area contributed by atoms with Crippen LogP contribution >= 0.6 is 7.82 Å². The van der Waals surface area contributed by atoms with Gasteiger partial charge in [-0.2, -0.15) is 0 Å². The number of carbonyl (C=O) groups is 1. The van der Waals surface area contributed by atoms with Gasteiger partial charge in [0.1, 0.15) is 13.2 Å². The van der Waals surface area contributed by atoms with Crippen molar-refractivity contribution in [3.05, 3.63) is 109 Å². The van der Waals surface area contributed by atoms with Crippen LogP contribution < -0.4 is 10.2 Å². The quantitative estimate of drug-likeness (QED) is 0.0273. The maximum atomic E-state index is 12.9. The van der Waals surface area contributed by atoms with Gasteiger partial charge in [-0.25, -0.2) is 0 Å². The van der Waals surface area contributed by atoms with Crippen LogP contribution in [0.25, 0.3) is 0 Å². The molecule has 0 saturated carbocycles. The number of aliphatic hydroxyl groups excluding tert-OH is 1. The molecule has 3 unspecified atom stereocenters. The molecular weight excluding hydrogens is 816 g/mol. The van der Waals surface area contributed by atoms with Crippen molar-refractivity contribution in [2.45, 2.75) is 193 Å². The van der Waals surface area contributed by atoms with E-state index >= 15 is 0 Å². The molecule has 1 amide bonds. The van der Waals surface area contributed by atoms with E-state index in [0.717, 1.165) is 103 Å². The van der Waals surface area contributed by atoms with Crippen molar-refractivity contribution in [3.8, 4) is 0 Å². The number of likely N-dealkylation sites (N-methyl/N-ethyl adjacent to an activating group) is 1. The van der Waals surface area contributed by atoms with E-state index in [4.69, 9.17) is 9.05 Å². The molecule has 8 nitrogen and oxygen atoms in total. The summed E-state index contributed by atoms with van der Waals surface area (Å²) in [7, 11) is 1.21. The molecule has 0 aromatic carbocycles. The van der Waals surface area contributed by atoms with E-state index in [-0.39, 0.29) is 12.5 Å². The van der Waals surface area contributed by atoms with Crippen LogP contribution in [0, 0.1) is 0 Å². The van der Waals surface area contributed by atoms with Gasteiger partial charge in [-0.1, -0.05) is 194 Å². The first-order valence-electron chi connectivity index (χ1n) is 25.2. The van der Waals surface area contributed by atoms with Crippen molar-refractivity contribution in [1.82, 2.24) is 5.32 Å². The lowest BCUT2D eigenvalue weighted by atomic mass is 10.1. The van der Waals surface area contributed by atoms with Crippen molar-refractivity contribution in [2.75, 3.05) is 40.9 Å². The summed E-state index contributed by atoms with van der Waals surface area (Å²) in [5.41, 5.74) is 0. The van der Waals surface area contributed by atoms with Gasteiger partial charge in [-0.3, -0.25) is 9.36 Å². The summed E-state index contributed by atoms with van der Waals surface area (Å²) < 4.78 is 23.2. The number of rotatable bonds is 44. The fourth-order valence-corrected chi connectivity index (χ4v) is 7.22. The van der Waals surface area contributed by atoms with E-state index in [9.17, 15) is 19.4 Å². The Hall–Kier alpha value is -2.84. The van der Waals surface area contributed by atoms with Gasteiger partial charge in [-0.15, -0.1) is 0 Å². The average molecular weight is 911 g/mol. The SMILES string of the molecule is CC/C=C\C/C=C\C/C=C\C/C=C\C/C=C\C/C=C\C/C=C\CCCCCCCC(=O)NC(COP(=O)([O-])OCC[N+](C)(C)C)C(O)/C=C/CC/C=C/CCCCCCCCCCC. The molecule has 0 bridgehead atoms. The number of unbranched alkanes of at least 4 members (excludes halogenated alkanes) is 15. The van der Waals surface area contributed by atoms with Gasteiger partial charge in [0.2, 0.25) is 5.91 Å². The van der Waals surface area contributed by atoms with Crippen LogP contribution in [0.4, 0.5) is 0 Å². The van der Waals surface area contributed by atoms with Gasteiger partial charge in [0, 0.05) is 6.42 Å². The Morgan fingerprint density at radius 2 is 0.969 bits per heavy atom. The Morgan fingerprint density at radius 1 is 0.562 bits per heavy atom. The Morgan fingerprint density at radius 3 is 1.45 bits per heavy atom. The standard InChI is InChI=1S/C55H95N2O6P/c1-6-8-10-12-14-16-18-20-22-23-24-25-26-27-28-29-30-31-32-33-35-37-39-41-43-45-47-49-55(59)56-53(52-63-64(60,61)62-51-50-57(3,4)5)54(58)48-46-44-42-40-38-36-34-21-19-17-15-13-11-9-7-2/h8,10,14,16,20,22,24-25,27-28,30-31,33,35,38,40,46,48,53-54,58H,6-7,9,11-13,15,17-19,21,23,26,29,32,34,36-37,39,41-45,47,49-52H2,1-5H3,(H-,56,59,60,61)/b10-8-,16-14-,22-20-,25-24-,28-27-,31-30-,35-33-,40-38+,48-46+. The van der Waals surface area contributed by atoms with Crippen LogP contribution in [-0.2, 0) is 18.4 Å². The predicted molar refractivity (Wildman–Crippen MR) is 274 cm³/mol. The Bertz CT molecular complexity index is 1400. The third kappa shape index (κ3) is 47.1. The maximum absolute atomic E-state index is 12.9. The van der Waals surface area contributed by atoms with Gasteiger partial charge < -0.3 is 28.8 Å². The van der Waals surface area contributed by atoms with Crippen LogP contribution in [0.15, 0.2) is 109 Å². The molecule has 0 spiro atoms. The Labute approximate surface area is 393 Å². The highest BCUT2D eigenvalue weighted by molar-refractivity contribution is 7.45. The van der Waals surface area contributed by atoms with E-state index in [1.54, 1.807) is 6.08 Å². The maximum Gasteiger partial charge on any atom is 0.268 e. The summed E-state index contributed by atoms with van der Waals surface area (Å²) in [6.07, 6.45) is 65.7. The Kier molecular flexibility index (Phi) is 43.3. The molecule has 0 radical (unpaired) electrons. The average Bonchev–Trinajstić information content (AvgIpc) is 3.25. The predicted octanol–water partition coefficient (Wildman–Crippen LogP) is 14.2. The number of nitrogens with zero attached hydrogens (tertiary/aromatic N) is 1. The number of carbonyl (C=O) groups excluding carboxylic acids is 1. The number of aliphatic hydroxyl groups is 1. The molecule has 0 heterocycles. The van der Waals surface area contributed by atoms with Crippen LogP contribution in [0.2, 0.25) is 0 Å². The third-order valence-corrected chi connectivity index (χ3v) is 11.4. The van der Waals surface area contributed by atoms with E-state index in [0.29, 0.717) is 17.4 Å². The number of phosphoric ester groups is 1. The first-order valence-corrected chi connectivity index (χ1v) is 26.7. The zero-order valence-corrected chi connectivity index (χ0v) is 42.3. The molecule has 0 aromatic rings. The monoisotopic (exact) mass is 911 g/mol. The molecule has 64 heavy (non-hydrogen) atoms. The molecule has 9 heteroatoms. The van der Waals surface area contributed by atoms with Gasteiger partial charge in [0.05, 0.1) is 39.9 Å². The van der Waals surface area contributed by atoms with E-state index in [1.807, 2.05) is 27.2 Å². The normalized spacial score (nSPS) is 15.0. The number of nitrogens with one attached hydrogen (secondary N) is 1. The van der Waals surface area contributed by atoms with Crippen molar-refractivity contribution in [1.29, 1.82) is 0 Å². The van der Waals surface area contributed by atoms with Crippen molar-refractivity contribution < 1.29 is 32.9 Å². The number of hydrogen-bond donors (Lipinski definition) is 2. The first kappa shape index (κ1) is 61.2. The van der Waals surface area contributed by atoms with Crippen LogP contribution in [0.1, 0.15) is 181 Å². The van der Waals surface area contributed by atoms with Gasteiger partial charge >= 0.3 is 0 Å². The first-order chi connectivity index (χ1) is 31.0. The van der Waals surface area contributed by atoms with E-state index in [2.05, 4.69) is 116 Å². The summed E-state index contributed by atoms with van der Waals surface area (Å²) in [6, 6.07) is -0.921. The second-order valence-electron chi connectivity index (χ2n) is 17.8. The van der Waals surface area contributed by atoms with Crippen molar-refractivity contribution in [3.63, 3.8) is 0 Å². The highest BCUT2D eigenvalue weighted by Gasteiger charge is 2.23. The second kappa shape index (κ2) is 45.3. The van der Waals surface area contributed by atoms with Crippen LogP contribution in [-0.4, -0.2) is 68.5 Å². The summed E-state index contributed by atoms with van der Waals surface area (Å²) in [5.74, 6) is -0.232. The molecule has 0 rings (SSSR count). The van der Waals surface area contributed by atoms with Crippen LogP contribution in [0.3, 0.4) is 0 Å². The minimum Gasteiger partial charge on any atom is -0.756 e.